The number of carbonyl (C=O) groups is 1. The largest absolute Gasteiger partial charge is 0.483 e. The Bertz CT molecular complexity index is 439. The second-order valence-corrected chi connectivity index (χ2v) is 5.65. The highest BCUT2D eigenvalue weighted by Gasteiger charge is 2.25. The van der Waals surface area contributed by atoms with Crippen molar-refractivity contribution in [1.29, 1.82) is 0 Å². The Morgan fingerprint density at radius 1 is 1.24 bits per heavy atom. The lowest BCUT2D eigenvalue weighted by atomic mass is 9.83. The molecule has 1 aromatic rings. The summed E-state index contributed by atoms with van der Waals surface area (Å²) in [6, 6.07) is 5.89. The van der Waals surface area contributed by atoms with Crippen LogP contribution < -0.4 is 10.1 Å². The summed E-state index contributed by atoms with van der Waals surface area (Å²) in [5.41, 5.74) is 1.82. The lowest BCUT2D eigenvalue weighted by Gasteiger charge is -2.29. The van der Waals surface area contributed by atoms with Gasteiger partial charge in [-0.2, -0.15) is 0 Å². The first-order valence-corrected chi connectivity index (χ1v) is 7.54. The minimum Gasteiger partial charge on any atom is -0.483 e. The van der Waals surface area contributed by atoms with Gasteiger partial charge in [-0.3, -0.25) is 4.79 Å². The molecule has 0 atom stereocenters. The average Bonchev–Trinajstić information content (AvgIpc) is 2.49. The third-order valence-corrected chi connectivity index (χ3v) is 4.25. The molecule has 0 unspecified atom stereocenters. The number of aliphatic hydroxyl groups excluding tert-OH is 1. The van der Waals surface area contributed by atoms with Crippen molar-refractivity contribution in [1.82, 2.24) is 5.32 Å². The van der Waals surface area contributed by atoms with Crippen LogP contribution in [0.15, 0.2) is 18.2 Å². The van der Waals surface area contributed by atoms with E-state index in [-0.39, 0.29) is 24.5 Å². The molecule has 0 aliphatic rings. The third kappa shape index (κ3) is 4.74. The lowest BCUT2D eigenvalue weighted by Crippen LogP contribution is -2.41. The van der Waals surface area contributed by atoms with Crippen LogP contribution in [0.1, 0.15) is 37.8 Å². The number of nitrogens with one attached hydrogen (secondary N) is 1. The first-order chi connectivity index (χ1) is 9.98. The van der Waals surface area contributed by atoms with Gasteiger partial charge >= 0.3 is 0 Å². The Labute approximate surface area is 127 Å². The van der Waals surface area contributed by atoms with Crippen molar-refractivity contribution in [3.05, 3.63) is 29.3 Å². The van der Waals surface area contributed by atoms with E-state index in [1.54, 1.807) is 0 Å². The van der Waals surface area contributed by atoms with E-state index in [4.69, 9.17) is 4.74 Å². The first-order valence-electron chi connectivity index (χ1n) is 7.54. The van der Waals surface area contributed by atoms with Crippen molar-refractivity contribution >= 4 is 5.91 Å². The molecule has 0 aliphatic heterocycles. The Morgan fingerprint density at radius 2 is 1.81 bits per heavy atom. The number of rotatable bonds is 8. The maximum Gasteiger partial charge on any atom is 0.257 e. The van der Waals surface area contributed by atoms with Gasteiger partial charge in [-0.25, -0.2) is 0 Å². The number of hydrogen-bond acceptors (Lipinski definition) is 3. The SMILES string of the molecule is CCC(CC)(CO)CNC(=O)COc1c(C)cccc1C. The summed E-state index contributed by atoms with van der Waals surface area (Å²) in [7, 11) is 0. The third-order valence-electron chi connectivity index (χ3n) is 4.25. The van der Waals surface area contributed by atoms with E-state index in [2.05, 4.69) is 5.32 Å². The molecule has 1 aromatic carbocycles. The fourth-order valence-electron chi connectivity index (χ4n) is 2.28. The first kappa shape index (κ1) is 17.5. The molecular formula is C17H27NO3. The van der Waals surface area contributed by atoms with E-state index < -0.39 is 0 Å². The molecule has 4 heteroatoms. The van der Waals surface area contributed by atoms with E-state index in [1.165, 1.54) is 0 Å². The van der Waals surface area contributed by atoms with Gasteiger partial charge in [-0.1, -0.05) is 32.0 Å². The van der Waals surface area contributed by atoms with Crippen LogP contribution in [0.2, 0.25) is 0 Å². The zero-order valence-corrected chi connectivity index (χ0v) is 13.5. The Kier molecular flexibility index (Phi) is 6.69. The van der Waals surface area contributed by atoms with E-state index in [1.807, 2.05) is 45.9 Å². The Morgan fingerprint density at radius 3 is 2.29 bits per heavy atom. The zero-order chi connectivity index (χ0) is 15.9. The topological polar surface area (TPSA) is 58.6 Å². The van der Waals surface area contributed by atoms with Gasteiger partial charge in [-0.05, 0) is 37.8 Å². The van der Waals surface area contributed by atoms with Gasteiger partial charge in [0.25, 0.3) is 5.91 Å². The van der Waals surface area contributed by atoms with Gasteiger partial charge in [-0.15, -0.1) is 0 Å². The molecule has 118 valence electrons. The molecule has 2 N–H and O–H groups in total. The molecule has 0 saturated carbocycles. The van der Waals surface area contributed by atoms with Crippen molar-refractivity contribution in [3.8, 4) is 5.75 Å². The molecule has 0 aromatic heterocycles. The second-order valence-electron chi connectivity index (χ2n) is 5.65. The van der Waals surface area contributed by atoms with Gasteiger partial charge in [0, 0.05) is 12.0 Å². The monoisotopic (exact) mass is 293 g/mol. The number of aryl methyl sites for hydroxylation is 2. The van der Waals surface area contributed by atoms with Crippen LogP contribution in [-0.2, 0) is 4.79 Å². The van der Waals surface area contributed by atoms with Crippen LogP contribution >= 0.6 is 0 Å². The predicted molar refractivity (Wildman–Crippen MR) is 84.5 cm³/mol. The lowest BCUT2D eigenvalue weighted by molar-refractivity contribution is -0.123. The van der Waals surface area contributed by atoms with Gasteiger partial charge in [0.05, 0.1) is 6.61 Å². The number of amides is 1. The van der Waals surface area contributed by atoms with Crippen molar-refractivity contribution in [3.63, 3.8) is 0 Å². The molecule has 0 fully saturated rings. The number of aliphatic hydroxyl groups is 1. The summed E-state index contributed by atoms with van der Waals surface area (Å²) in [6.45, 7) is 8.54. The van der Waals surface area contributed by atoms with Crippen molar-refractivity contribution in [2.45, 2.75) is 40.5 Å². The number of ether oxygens (including phenoxy) is 1. The number of para-hydroxylation sites is 1. The maximum absolute atomic E-state index is 11.9. The summed E-state index contributed by atoms with van der Waals surface area (Å²) < 4.78 is 5.62. The van der Waals surface area contributed by atoms with Gasteiger partial charge in [0.15, 0.2) is 6.61 Å². The average molecular weight is 293 g/mol. The standard InChI is InChI=1S/C17H27NO3/c1-5-17(6-2,12-19)11-18-15(20)10-21-16-13(3)8-7-9-14(16)4/h7-9,19H,5-6,10-12H2,1-4H3,(H,18,20). The zero-order valence-electron chi connectivity index (χ0n) is 13.5. The van der Waals surface area contributed by atoms with Crippen molar-refractivity contribution in [2.24, 2.45) is 5.41 Å². The van der Waals surface area contributed by atoms with Crippen molar-refractivity contribution in [2.75, 3.05) is 19.8 Å². The molecule has 0 radical (unpaired) electrons. The van der Waals surface area contributed by atoms with Crippen LogP contribution in [0, 0.1) is 19.3 Å². The van der Waals surface area contributed by atoms with Crippen molar-refractivity contribution < 1.29 is 14.6 Å². The number of carbonyl (C=O) groups excluding carboxylic acids is 1. The van der Waals surface area contributed by atoms with Gasteiger partial charge in [0.1, 0.15) is 5.75 Å². The van der Waals surface area contributed by atoms with Crippen LogP contribution in [0.4, 0.5) is 0 Å². The molecule has 0 aliphatic carbocycles. The van der Waals surface area contributed by atoms with Crippen LogP contribution in [0.25, 0.3) is 0 Å². The molecule has 1 rings (SSSR count). The number of hydrogen-bond donors (Lipinski definition) is 2. The normalized spacial score (nSPS) is 11.3. The smallest absolute Gasteiger partial charge is 0.257 e. The van der Waals surface area contributed by atoms with Gasteiger partial charge < -0.3 is 15.2 Å². The van der Waals surface area contributed by atoms with Crippen LogP contribution in [0.3, 0.4) is 0 Å². The van der Waals surface area contributed by atoms with E-state index in [0.717, 1.165) is 29.7 Å². The Balaban J connectivity index is 2.52. The molecule has 4 nitrogen and oxygen atoms in total. The molecular weight excluding hydrogens is 266 g/mol. The highest BCUT2D eigenvalue weighted by atomic mass is 16.5. The molecule has 0 saturated heterocycles. The molecule has 21 heavy (non-hydrogen) atoms. The summed E-state index contributed by atoms with van der Waals surface area (Å²) in [4.78, 5) is 11.9. The Hall–Kier alpha value is -1.55. The highest BCUT2D eigenvalue weighted by molar-refractivity contribution is 5.77. The summed E-state index contributed by atoms with van der Waals surface area (Å²) >= 11 is 0. The fourth-order valence-corrected chi connectivity index (χ4v) is 2.28. The molecule has 0 bridgehead atoms. The fraction of sp³-hybridized carbons (Fsp3) is 0.588. The maximum atomic E-state index is 11.9. The van der Waals surface area contributed by atoms with Crippen LogP contribution in [0.5, 0.6) is 5.75 Å². The molecule has 1 amide bonds. The highest BCUT2D eigenvalue weighted by Crippen LogP contribution is 2.24. The summed E-state index contributed by atoms with van der Waals surface area (Å²) in [5, 5.41) is 12.3. The van der Waals surface area contributed by atoms with E-state index in [9.17, 15) is 9.90 Å². The van der Waals surface area contributed by atoms with E-state index >= 15 is 0 Å². The minimum atomic E-state index is -0.228. The number of benzene rings is 1. The molecule has 0 spiro atoms. The predicted octanol–water partition coefficient (Wildman–Crippen LogP) is 2.60. The van der Waals surface area contributed by atoms with Gasteiger partial charge in [0.2, 0.25) is 0 Å². The summed E-state index contributed by atoms with van der Waals surface area (Å²) in [6.07, 6.45) is 1.66. The summed E-state index contributed by atoms with van der Waals surface area (Å²) in [5.74, 6) is 0.615. The van der Waals surface area contributed by atoms with Crippen LogP contribution in [-0.4, -0.2) is 30.8 Å². The van der Waals surface area contributed by atoms with E-state index in [0.29, 0.717) is 6.54 Å². The minimum absolute atomic E-state index is 0.000625. The quantitative estimate of drug-likeness (QED) is 0.774. The molecule has 0 heterocycles. The second kappa shape index (κ2) is 8.03.